The summed E-state index contributed by atoms with van der Waals surface area (Å²) < 4.78 is 5.08. The Balaban J connectivity index is 2.38. The normalized spacial score (nSPS) is 10.9. The van der Waals surface area contributed by atoms with Crippen molar-refractivity contribution in [1.29, 1.82) is 0 Å². The van der Waals surface area contributed by atoms with E-state index in [0.29, 0.717) is 12.3 Å². The quantitative estimate of drug-likeness (QED) is 0.748. The molecule has 0 saturated carbocycles. The number of furan rings is 1. The minimum absolute atomic E-state index is 0.00420. The molecule has 1 aromatic rings. The van der Waals surface area contributed by atoms with Crippen molar-refractivity contribution >= 4 is 11.9 Å². The summed E-state index contributed by atoms with van der Waals surface area (Å²) in [4.78, 5) is 23.9. The van der Waals surface area contributed by atoms with Gasteiger partial charge in [0.25, 0.3) is 0 Å². The van der Waals surface area contributed by atoms with E-state index in [9.17, 15) is 9.59 Å². The number of carbonyl (C=O) groups is 2. The van der Waals surface area contributed by atoms with Gasteiger partial charge in [-0.3, -0.25) is 14.5 Å². The summed E-state index contributed by atoms with van der Waals surface area (Å²) >= 11 is 0. The van der Waals surface area contributed by atoms with Gasteiger partial charge in [-0.2, -0.15) is 0 Å². The fourth-order valence-corrected chi connectivity index (χ4v) is 1.43. The summed E-state index contributed by atoms with van der Waals surface area (Å²) in [6.45, 7) is 3.92. The molecule has 0 aromatic carbocycles. The Morgan fingerprint density at radius 3 is 2.67 bits per heavy atom. The van der Waals surface area contributed by atoms with Crippen LogP contribution in [0.15, 0.2) is 22.8 Å². The first-order valence-corrected chi connectivity index (χ1v) is 5.74. The number of carbonyl (C=O) groups excluding carboxylic acids is 1. The number of hydrogen-bond acceptors (Lipinski definition) is 4. The number of nitrogens with one attached hydrogen (secondary N) is 1. The Morgan fingerprint density at radius 2 is 2.17 bits per heavy atom. The second kappa shape index (κ2) is 6.80. The van der Waals surface area contributed by atoms with Crippen molar-refractivity contribution in [2.24, 2.45) is 0 Å². The molecule has 0 atom stereocenters. The average Bonchev–Trinajstić information content (AvgIpc) is 2.77. The van der Waals surface area contributed by atoms with E-state index in [0.717, 1.165) is 0 Å². The van der Waals surface area contributed by atoms with Crippen LogP contribution < -0.4 is 5.32 Å². The van der Waals surface area contributed by atoms with Gasteiger partial charge >= 0.3 is 5.97 Å². The Hall–Kier alpha value is -1.82. The molecule has 0 spiro atoms. The van der Waals surface area contributed by atoms with Gasteiger partial charge in [-0.1, -0.05) is 0 Å². The summed E-state index contributed by atoms with van der Waals surface area (Å²) in [6.07, 6.45) is 1.53. The predicted octanol–water partition coefficient (Wildman–Crippen LogP) is 0.691. The van der Waals surface area contributed by atoms with Gasteiger partial charge in [0.05, 0.1) is 25.9 Å². The summed E-state index contributed by atoms with van der Waals surface area (Å²) in [6, 6.07) is 3.50. The number of rotatable bonds is 7. The minimum Gasteiger partial charge on any atom is -0.480 e. The van der Waals surface area contributed by atoms with Crippen LogP contribution in [0, 0.1) is 0 Å². The van der Waals surface area contributed by atoms with Crippen LogP contribution in [0.5, 0.6) is 0 Å². The zero-order chi connectivity index (χ0) is 13.5. The van der Waals surface area contributed by atoms with Crippen LogP contribution in [-0.2, 0) is 16.1 Å². The summed E-state index contributed by atoms with van der Waals surface area (Å²) in [7, 11) is 0. The Morgan fingerprint density at radius 1 is 1.44 bits per heavy atom. The van der Waals surface area contributed by atoms with Crippen molar-refractivity contribution < 1.29 is 19.1 Å². The lowest BCUT2D eigenvalue weighted by Crippen LogP contribution is -2.43. The minimum atomic E-state index is -0.942. The van der Waals surface area contributed by atoms with E-state index in [1.54, 1.807) is 17.0 Å². The SMILES string of the molecule is CC(C)N(CC(=O)O)CC(=O)NCc1ccco1. The first-order valence-electron chi connectivity index (χ1n) is 5.74. The van der Waals surface area contributed by atoms with Crippen molar-refractivity contribution in [2.45, 2.75) is 26.4 Å². The van der Waals surface area contributed by atoms with Crippen molar-refractivity contribution in [3.63, 3.8) is 0 Å². The molecule has 0 unspecified atom stereocenters. The third-order valence-corrected chi connectivity index (χ3v) is 2.46. The molecule has 1 rings (SSSR count). The van der Waals surface area contributed by atoms with E-state index < -0.39 is 5.97 Å². The first kappa shape index (κ1) is 14.2. The number of nitrogens with zero attached hydrogens (tertiary/aromatic N) is 1. The molecule has 1 heterocycles. The zero-order valence-electron chi connectivity index (χ0n) is 10.5. The Kier molecular flexibility index (Phi) is 5.38. The third kappa shape index (κ3) is 5.01. The second-order valence-corrected chi connectivity index (χ2v) is 4.25. The van der Waals surface area contributed by atoms with Crippen LogP contribution >= 0.6 is 0 Å². The molecule has 0 aliphatic carbocycles. The fourth-order valence-electron chi connectivity index (χ4n) is 1.43. The maximum Gasteiger partial charge on any atom is 0.317 e. The van der Waals surface area contributed by atoms with E-state index in [4.69, 9.17) is 9.52 Å². The van der Waals surface area contributed by atoms with E-state index in [1.165, 1.54) is 6.26 Å². The van der Waals surface area contributed by atoms with Crippen LogP contribution in [-0.4, -0.2) is 41.0 Å². The lowest BCUT2D eigenvalue weighted by molar-refractivity contribution is -0.139. The fraction of sp³-hybridized carbons (Fsp3) is 0.500. The molecule has 0 aliphatic rings. The lowest BCUT2D eigenvalue weighted by Gasteiger charge is -2.23. The van der Waals surface area contributed by atoms with Crippen molar-refractivity contribution in [3.05, 3.63) is 24.2 Å². The number of aliphatic carboxylic acids is 1. The number of hydrogen-bond donors (Lipinski definition) is 2. The van der Waals surface area contributed by atoms with Crippen LogP contribution in [0.4, 0.5) is 0 Å². The van der Waals surface area contributed by atoms with Crippen LogP contribution in [0.25, 0.3) is 0 Å². The molecule has 6 nitrogen and oxygen atoms in total. The lowest BCUT2D eigenvalue weighted by atomic mass is 10.3. The average molecular weight is 254 g/mol. The smallest absolute Gasteiger partial charge is 0.317 e. The van der Waals surface area contributed by atoms with E-state index in [-0.39, 0.29) is 25.0 Å². The Labute approximate surface area is 106 Å². The second-order valence-electron chi connectivity index (χ2n) is 4.25. The van der Waals surface area contributed by atoms with Crippen LogP contribution in [0.1, 0.15) is 19.6 Å². The third-order valence-electron chi connectivity index (χ3n) is 2.46. The largest absolute Gasteiger partial charge is 0.480 e. The molecular weight excluding hydrogens is 236 g/mol. The topological polar surface area (TPSA) is 82.8 Å². The van der Waals surface area contributed by atoms with Gasteiger partial charge in [-0.15, -0.1) is 0 Å². The van der Waals surface area contributed by atoms with Gasteiger partial charge in [0.2, 0.25) is 5.91 Å². The zero-order valence-corrected chi connectivity index (χ0v) is 10.5. The molecule has 1 aromatic heterocycles. The highest BCUT2D eigenvalue weighted by Crippen LogP contribution is 2.00. The highest BCUT2D eigenvalue weighted by Gasteiger charge is 2.16. The van der Waals surface area contributed by atoms with Crippen LogP contribution in [0.2, 0.25) is 0 Å². The van der Waals surface area contributed by atoms with E-state index in [1.807, 2.05) is 13.8 Å². The summed E-state index contributed by atoms with van der Waals surface area (Å²) in [5.74, 6) is -0.499. The molecule has 0 fully saturated rings. The monoisotopic (exact) mass is 254 g/mol. The van der Waals surface area contributed by atoms with Gasteiger partial charge in [-0.25, -0.2) is 0 Å². The summed E-state index contributed by atoms with van der Waals surface area (Å²) in [5, 5.41) is 11.4. The highest BCUT2D eigenvalue weighted by atomic mass is 16.4. The van der Waals surface area contributed by atoms with Gasteiger partial charge in [-0.05, 0) is 26.0 Å². The van der Waals surface area contributed by atoms with Crippen molar-refractivity contribution in [1.82, 2.24) is 10.2 Å². The van der Waals surface area contributed by atoms with E-state index >= 15 is 0 Å². The number of amides is 1. The molecule has 2 N–H and O–H groups in total. The molecular formula is C12H18N2O4. The van der Waals surface area contributed by atoms with Crippen molar-refractivity contribution in [3.8, 4) is 0 Å². The molecule has 6 heteroatoms. The van der Waals surface area contributed by atoms with Gasteiger partial charge in [0.15, 0.2) is 0 Å². The van der Waals surface area contributed by atoms with Gasteiger partial charge < -0.3 is 14.8 Å². The standard InChI is InChI=1S/C12H18N2O4/c1-9(2)14(8-12(16)17)7-11(15)13-6-10-4-3-5-18-10/h3-5,9H,6-8H2,1-2H3,(H,13,15)(H,16,17). The molecule has 0 bridgehead atoms. The number of carboxylic acids is 1. The highest BCUT2D eigenvalue weighted by molar-refractivity contribution is 5.79. The maximum absolute atomic E-state index is 11.6. The molecule has 1 amide bonds. The molecule has 0 saturated heterocycles. The first-order chi connectivity index (χ1) is 8.49. The predicted molar refractivity (Wildman–Crippen MR) is 64.9 cm³/mol. The van der Waals surface area contributed by atoms with E-state index in [2.05, 4.69) is 5.32 Å². The summed E-state index contributed by atoms with van der Waals surface area (Å²) in [5.41, 5.74) is 0. The Bertz CT molecular complexity index is 387. The van der Waals surface area contributed by atoms with Crippen molar-refractivity contribution in [2.75, 3.05) is 13.1 Å². The van der Waals surface area contributed by atoms with Gasteiger partial charge in [0.1, 0.15) is 5.76 Å². The maximum atomic E-state index is 11.6. The molecule has 0 aliphatic heterocycles. The molecule has 100 valence electrons. The number of carboxylic acid groups (broad SMARTS) is 1. The van der Waals surface area contributed by atoms with Gasteiger partial charge in [0, 0.05) is 6.04 Å². The molecule has 18 heavy (non-hydrogen) atoms. The van der Waals surface area contributed by atoms with Crippen LogP contribution in [0.3, 0.4) is 0 Å². The molecule has 0 radical (unpaired) electrons.